The van der Waals surface area contributed by atoms with Gasteiger partial charge in [-0.3, -0.25) is 24.5 Å². The second-order valence-electron chi connectivity index (χ2n) is 10.7. The van der Waals surface area contributed by atoms with Crippen molar-refractivity contribution < 1.29 is 37.2 Å². The zero-order chi connectivity index (χ0) is 29.7. The van der Waals surface area contributed by atoms with Gasteiger partial charge in [0.2, 0.25) is 10.0 Å². The number of hydrogen-bond donors (Lipinski definition) is 0. The Bertz CT molecular complexity index is 1360. The number of carbonyl (C=O) groups excluding carboxylic acids is 2. The van der Waals surface area contributed by atoms with Crippen LogP contribution in [0.25, 0.3) is 0 Å². The molecule has 0 spiro atoms. The zero-order valence-electron chi connectivity index (χ0n) is 23.3. The SMILES string of the molecule is O=C1c2ccccc2C(=O)N1OCc1ccc(S(=O)(=O)N(CCC2CCCCO2)CCC2CCCCO2)cc1[N+](=O)[O-]. The van der Waals surface area contributed by atoms with Crippen molar-refractivity contribution >= 4 is 27.5 Å². The summed E-state index contributed by atoms with van der Waals surface area (Å²) in [5.74, 6) is -1.34. The number of fused-ring (bicyclic) bond motifs is 1. The summed E-state index contributed by atoms with van der Waals surface area (Å²) < 4.78 is 40.7. The number of imide groups is 1. The number of ether oxygens (including phenoxy) is 2. The van der Waals surface area contributed by atoms with E-state index in [4.69, 9.17) is 14.3 Å². The second-order valence-corrected chi connectivity index (χ2v) is 12.7. The third-order valence-electron chi connectivity index (χ3n) is 7.95. The lowest BCUT2D eigenvalue weighted by atomic mass is 10.1. The first-order chi connectivity index (χ1) is 20.3. The van der Waals surface area contributed by atoms with Gasteiger partial charge in [-0.05, 0) is 75.6 Å². The summed E-state index contributed by atoms with van der Waals surface area (Å²) in [7, 11) is -4.10. The van der Waals surface area contributed by atoms with Crippen molar-refractivity contribution in [3.63, 3.8) is 0 Å². The van der Waals surface area contributed by atoms with Gasteiger partial charge in [-0.1, -0.05) is 12.1 Å². The van der Waals surface area contributed by atoms with Gasteiger partial charge in [-0.25, -0.2) is 8.42 Å². The number of sulfonamides is 1. The number of amides is 2. The van der Waals surface area contributed by atoms with Gasteiger partial charge in [0, 0.05) is 32.4 Å². The van der Waals surface area contributed by atoms with E-state index in [-0.39, 0.29) is 46.9 Å². The van der Waals surface area contributed by atoms with Gasteiger partial charge < -0.3 is 9.47 Å². The van der Waals surface area contributed by atoms with Crippen molar-refractivity contribution in [3.8, 4) is 0 Å². The molecule has 0 N–H and O–H groups in total. The van der Waals surface area contributed by atoms with Crippen molar-refractivity contribution in [1.82, 2.24) is 9.37 Å². The molecule has 0 saturated carbocycles. The second kappa shape index (κ2) is 13.4. The van der Waals surface area contributed by atoms with Crippen LogP contribution in [0.5, 0.6) is 0 Å². The lowest BCUT2D eigenvalue weighted by molar-refractivity contribution is -0.386. The summed E-state index contributed by atoms with van der Waals surface area (Å²) in [6.07, 6.45) is 6.77. The van der Waals surface area contributed by atoms with Crippen LogP contribution < -0.4 is 0 Å². The van der Waals surface area contributed by atoms with Gasteiger partial charge in [-0.2, -0.15) is 4.31 Å². The molecule has 226 valence electrons. The Kier molecular flexibility index (Phi) is 9.63. The fourth-order valence-corrected chi connectivity index (χ4v) is 7.05. The van der Waals surface area contributed by atoms with Crippen LogP contribution in [-0.2, 0) is 30.9 Å². The molecule has 2 atom stereocenters. The standard InChI is InChI=1S/C29H35N3O9S/c33-28-25-9-1-2-10-26(25)29(34)31(28)41-20-21-11-12-24(19-27(21)32(35)36)42(37,38)30(15-13-22-7-3-5-17-39-22)16-14-23-8-4-6-18-40-23/h1-2,9-12,19,22-23H,3-8,13-18,20H2. The van der Waals surface area contributed by atoms with Crippen LogP contribution in [0.15, 0.2) is 47.4 Å². The predicted molar refractivity (Wildman–Crippen MR) is 150 cm³/mol. The number of benzene rings is 2. The van der Waals surface area contributed by atoms with Crippen molar-refractivity contribution in [2.75, 3.05) is 26.3 Å². The Balaban J connectivity index is 1.33. The van der Waals surface area contributed by atoms with E-state index in [1.165, 1.54) is 28.6 Å². The summed E-state index contributed by atoms with van der Waals surface area (Å²) in [4.78, 5) is 41.7. The Morgan fingerprint density at radius 3 is 1.98 bits per heavy atom. The summed E-state index contributed by atoms with van der Waals surface area (Å²) in [5, 5.41) is 12.6. The summed E-state index contributed by atoms with van der Waals surface area (Å²) in [5.41, 5.74) is -0.112. The molecule has 2 amide bonds. The third-order valence-corrected chi connectivity index (χ3v) is 9.84. The van der Waals surface area contributed by atoms with Gasteiger partial charge in [0.05, 0.1) is 38.7 Å². The molecule has 2 aromatic rings. The fourth-order valence-electron chi connectivity index (χ4n) is 5.56. The fraction of sp³-hybridized carbons (Fsp3) is 0.517. The maximum absolute atomic E-state index is 13.8. The molecule has 3 aliphatic rings. The average molecular weight is 602 g/mol. The van der Waals surface area contributed by atoms with Gasteiger partial charge in [0.25, 0.3) is 17.5 Å². The molecule has 0 bridgehead atoms. The van der Waals surface area contributed by atoms with Crippen molar-refractivity contribution in [3.05, 3.63) is 69.3 Å². The highest BCUT2D eigenvalue weighted by Crippen LogP contribution is 2.29. The minimum Gasteiger partial charge on any atom is -0.378 e. The number of nitrogens with zero attached hydrogens (tertiary/aromatic N) is 3. The van der Waals surface area contributed by atoms with E-state index in [0.717, 1.165) is 44.6 Å². The molecule has 2 unspecified atom stereocenters. The lowest BCUT2D eigenvalue weighted by Crippen LogP contribution is -2.37. The molecule has 0 aliphatic carbocycles. The number of nitro groups is 1. The zero-order valence-corrected chi connectivity index (χ0v) is 24.1. The molecule has 13 heteroatoms. The summed E-state index contributed by atoms with van der Waals surface area (Å²) in [6.45, 7) is 1.27. The Hall–Kier alpha value is -3.23. The Morgan fingerprint density at radius 1 is 0.905 bits per heavy atom. The van der Waals surface area contributed by atoms with E-state index in [1.54, 1.807) is 12.1 Å². The molecular weight excluding hydrogens is 566 g/mol. The van der Waals surface area contributed by atoms with Crippen LogP contribution in [0.3, 0.4) is 0 Å². The molecule has 5 rings (SSSR count). The molecule has 2 aromatic carbocycles. The van der Waals surface area contributed by atoms with Crippen LogP contribution >= 0.6 is 0 Å². The smallest absolute Gasteiger partial charge is 0.285 e. The number of hydroxylamine groups is 2. The molecule has 3 aliphatic heterocycles. The maximum atomic E-state index is 13.8. The third kappa shape index (κ3) is 6.70. The van der Waals surface area contributed by atoms with Crippen molar-refractivity contribution in [2.45, 2.75) is 75.1 Å². The van der Waals surface area contributed by atoms with Crippen LogP contribution in [0.4, 0.5) is 5.69 Å². The van der Waals surface area contributed by atoms with Crippen molar-refractivity contribution in [1.29, 1.82) is 0 Å². The number of rotatable bonds is 12. The van der Waals surface area contributed by atoms with E-state index in [9.17, 15) is 28.1 Å². The highest BCUT2D eigenvalue weighted by atomic mass is 32.2. The first-order valence-electron chi connectivity index (χ1n) is 14.4. The van der Waals surface area contributed by atoms with E-state index >= 15 is 0 Å². The van der Waals surface area contributed by atoms with Crippen LogP contribution in [-0.4, -0.2) is 73.0 Å². The molecule has 42 heavy (non-hydrogen) atoms. The molecule has 0 aromatic heterocycles. The molecule has 2 saturated heterocycles. The summed E-state index contributed by atoms with van der Waals surface area (Å²) in [6, 6.07) is 9.82. The van der Waals surface area contributed by atoms with E-state index in [0.29, 0.717) is 31.1 Å². The lowest BCUT2D eigenvalue weighted by Gasteiger charge is -2.29. The van der Waals surface area contributed by atoms with E-state index < -0.39 is 39.1 Å². The van der Waals surface area contributed by atoms with Gasteiger partial charge in [0.15, 0.2) is 0 Å². The van der Waals surface area contributed by atoms with Gasteiger partial charge in [-0.15, -0.1) is 5.06 Å². The molecule has 0 radical (unpaired) electrons. The Morgan fingerprint density at radius 2 is 1.48 bits per heavy atom. The molecular formula is C29H35N3O9S. The van der Waals surface area contributed by atoms with Crippen molar-refractivity contribution in [2.24, 2.45) is 0 Å². The average Bonchev–Trinajstić information content (AvgIpc) is 3.25. The van der Waals surface area contributed by atoms with Crippen LogP contribution in [0.2, 0.25) is 0 Å². The molecule has 12 nitrogen and oxygen atoms in total. The normalized spacial score (nSPS) is 21.1. The van der Waals surface area contributed by atoms with E-state index in [2.05, 4.69) is 0 Å². The largest absolute Gasteiger partial charge is 0.378 e. The van der Waals surface area contributed by atoms with Gasteiger partial charge in [0.1, 0.15) is 6.61 Å². The minimum absolute atomic E-state index is 0.0215. The number of hydrogen-bond acceptors (Lipinski definition) is 9. The van der Waals surface area contributed by atoms with Gasteiger partial charge >= 0.3 is 0 Å². The number of nitro benzene ring substituents is 1. The van der Waals surface area contributed by atoms with Crippen LogP contribution in [0, 0.1) is 10.1 Å². The molecule has 2 fully saturated rings. The topological polar surface area (TPSA) is 146 Å². The Labute approximate surface area is 244 Å². The quantitative estimate of drug-likeness (QED) is 0.198. The minimum atomic E-state index is -4.10. The number of carbonyl (C=O) groups is 2. The maximum Gasteiger partial charge on any atom is 0.285 e. The predicted octanol–water partition coefficient (Wildman–Crippen LogP) is 4.23. The first kappa shape index (κ1) is 30.2. The first-order valence-corrected chi connectivity index (χ1v) is 15.8. The highest BCUT2D eigenvalue weighted by molar-refractivity contribution is 7.89. The highest BCUT2D eigenvalue weighted by Gasteiger charge is 2.37. The van der Waals surface area contributed by atoms with E-state index in [1.807, 2.05) is 0 Å². The molecule has 3 heterocycles. The monoisotopic (exact) mass is 601 g/mol. The summed E-state index contributed by atoms with van der Waals surface area (Å²) >= 11 is 0. The van der Waals surface area contributed by atoms with Crippen LogP contribution in [0.1, 0.15) is 77.6 Å².